The first-order chi connectivity index (χ1) is 8.17. The van der Waals surface area contributed by atoms with Crippen LogP contribution in [-0.2, 0) is 4.79 Å². The Morgan fingerprint density at radius 1 is 1.59 bits per heavy atom. The molecule has 0 spiro atoms. The van der Waals surface area contributed by atoms with E-state index in [-0.39, 0.29) is 12.5 Å². The van der Waals surface area contributed by atoms with E-state index in [9.17, 15) is 4.79 Å². The third-order valence-electron chi connectivity index (χ3n) is 2.46. The predicted molar refractivity (Wildman–Crippen MR) is 63.3 cm³/mol. The van der Waals surface area contributed by atoms with Gasteiger partial charge in [-0.3, -0.25) is 4.79 Å². The molecule has 5 heteroatoms. The van der Waals surface area contributed by atoms with Crippen LogP contribution in [0.3, 0.4) is 0 Å². The zero-order valence-corrected chi connectivity index (χ0v) is 9.66. The van der Waals surface area contributed by atoms with E-state index in [2.05, 4.69) is 21.7 Å². The normalized spacial score (nSPS) is 13.9. The number of hydrogen-bond donors (Lipinski definition) is 2. The standard InChI is InChI=1S/C12H14N4O/c1-8-4-9(6-13)5-11(15-8)14-7-12(17)16-10-2-3-10/h4-5,10H,2-3,7H2,1H3,(H,14,15)(H,16,17). The van der Waals surface area contributed by atoms with E-state index in [0.717, 1.165) is 18.5 Å². The lowest BCUT2D eigenvalue weighted by Crippen LogP contribution is -2.31. The Balaban J connectivity index is 1.91. The lowest BCUT2D eigenvalue weighted by atomic mass is 10.2. The van der Waals surface area contributed by atoms with E-state index >= 15 is 0 Å². The first-order valence-corrected chi connectivity index (χ1v) is 5.59. The number of pyridine rings is 1. The molecule has 0 aromatic carbocycles. The van der Waals surface area contributed by atoms with Gasteiger partial charge in [0.2, 0.25) is 5.91 Å². The second-order valence-electron chi connectivity index (χ2n) is 4.19. The molecule has 1 heterocycles. The number of nitrogens with zero attached hydrogens (tertiary/aromatic N) is 2. The largest absolute Gasteiger partial charge is 0.361 e. The summed E-state index contributed by atoms with van der Waals surface area (Å²) in [6.45, 7) is 2.01. The number of aryl methyl sites for hydroxylation is 1. The van der Waals surface area contributed by atoms with Crippen molar-refractivity contribution in [2.75, 3.05) is 11.9 Å². The van der Waals surface area contributed by atoms with Crippen molar-refractivity contribution in [3.8, 4) is 6.07 Å². The topological polar surface area (TPSA) is 77.8 Å². The number of nitrogens with one attached hydrogen (secondary N) is 2. The van der Waals surface area contributed by atoms with Crippen LogP contribution in [0.15, 0.2) is 12.1 Å². The molecule has 0 atom stereocenters. The Morgan fingerprint density at radius 2 is 2.35 bits per heavy atom. The second kappa shape index (κ2) is 4.83. The highest BCUT2D eigenvalue weighted by Gasteiger charge is 2.22. The highest BCUT2D eigenvalue weighted by molar-refractivity contribution is 5.81. The van der Waals surface area contributed by atoms with E-state index < -0.39 is 0 Å². The highest BCUT2D eigenvalue weighted by atomic mass is 16.2. The summed E-state index contributed by atoms with van der Waals surface area (Å²) in [4.78, 5) is 15.6. The molecular formula is C12H14N4O. The number of amides is 1. The van der Waals surface area contributed by atoms with Crippen LogP contribution in [0, 0.1) is 18.3 Å². The summed E-state index contributed by atoms with van der Waals surface area (Å²) >= 11 is 0. The molecule has 88 valence electrons. The summed E-state index contributed by atoms with van der Waals surface area (Å²) in [5, 5.41) is 14.6. The van der Waals surface area contributed by atoms with Gasteiger partial charge >= 0.3 is 0 Å². The zero-order valence-electron chi connectivity index (χ0n) is 9.66. The molecule has 2 N–H and O–H groups in total. The molecule has 1 aromatic heterocycles. The molecule has 5 nitrogen and oxygen atoms in total. The van der Waals surface area contributed by atoms with Gasteiger partial charge in [0, 0.05) is 11.7 Å². The summed E-state index contributed by atoms with van der Waals surface area (Å²) in [6, 6.07) is 5.76. The SMILES string of the molecule is Cc1cc(C#N)cc(NCC(=O)NC2CC2)n1. The summed E-state index contributed by atoms with van der Waals surface area (Å²) in [5.74, 6) is 0.529. The van der Waals surface area contributed by atoms with Crippen LogP contribution in [0.1, 0.15) is 24.1 Å². The molecule has 1 aromatic rings. The van der Waals surface area contributed by atoms with Crippen LogP contribution >= 0.6 is 0 Å². The fourth-order valence-electron chi connectivity index (χ4n) is 1.50. The number of aromatic nitrogens is 1. The Morgan fingerprint density at radius 3 is 3.00 bits per heavy atom. The van der Waals surface area contributed by atoms with E-state index in [0.29, 0.717) is 17.4 Å². The number of rotatable bonds is 4. The van der Waals surface area contributed by atoms with Crippen molar-refractivity contribution in [1.82, 2.24) is 10.3 Å². The molecule has 1 fully saturated rings. The third kappa shape index (κ3) is 3.45. The number of anilines is 1. The minimum absolute atomic E-state index is 0.0330. The summed E-state index contributed by atoms with van der Waals surface area (Å²) < 4.78 is 0. The Kier molecular flexibility index (Phi) is 3.24. The molecule has 1 saturated carbocycles. The van der Waals surface area contributed by atoms with Gasteiger partial charge in [-0.2, -0.15) is 5.26 Å². The molecule has 2 rings (SSSR count). The molecule has 0 radical (unpaired) electrons. The summed E-state index contributed by atoms with van der Waals surface area (Å²) in [5.41, 5.74) is 1.30. The lowest BCUT2D eigenvalue weighted by Gasteiger charge is -2.07. The average molecular weight is 230 g/mol. The van der Waals surface area contributed by atoms with Gasteiger partial charge in [-0.15, -0.1) is 0 Å². The van der Waals surface area contributed by atoms with E-state index in [1.165, 1.54) is 0 Å². The van der Waals surface area contributed by atoms with Gasteiger partial charge in [0.25, 0.3) is 0 Å². The minimum atomic E-state index is -0.0330. The summed E-state index contributed by atoms with van der Waals surface area (Å²) in [6.07, 6.45) is 2.15. The van der Waals surface area contributed by atoms with Gasteiger partial charge in [0.1, 0.15) is 5.82 Å². The molecule has 0 unspecified atom stereocenters. The maximum absolute atomic E-state index is 11.4. The fraction of sp³-hybridized carbons (Fsp3) is 0.417. The highest BCUT2D eigenvalue weighted by Crippen LogP contribution is 2.18. The van der Waals surface area contributed by atoms with Crippen molar-refractivity contribution in [1.29, 1.82) is 5.26 Å². The maximum atomic E-state index is 11.4. The zero-order chi connectivity index (χ0) is 12.3. The molecular weight excluding hydrogens is 216 g/mol. The molecule has 17 heavy (non-hydrogen) atoms. The fourth-order valence-corrected chi connectivity index (χ4v) is 1.50. The molecule has 1 aliphatic rings. The van der Waals surface area contributed by atoms with Crippen molar-refractivity contribution in [2.24, 2.45) is 0 Å². The Bertz CT molecular complexity index is 474. The van der Waals surface area contributed by atoms with Gasteiger partial charge in [-0.05, 0) is 31.9 Å². The van der Waals surface area contributed by atoms with Crippen LogP contribution < -0.4 is 10.6 Å². The minimum Gasteiger partial charge on any atom is -0.361 e. The average Bonchev–Trinajstić information content (AvgIpc) is 3.09. The van der Waals surface area contributed by atoms with Gasteiger partial charge in [0.05, 0.1) is 18.2 Å². The number of hydrogen-bond acceptors (Lipinski definition) is 4. The maximum Gasteiger partial charge on any atom is 0.239 e. The van der Waals surface area contributed by atoms with Gasteiger partial charge < -0.3 is 10.6 Å². The predicted octanol–water partition coefficient (Wildman–Crippen LogP) is 0.952. The van der Waals surface area contributed by atoms with Crippen LogP contribution in [0.25, 0.3) is 0 Å². The molecule has 0 aliphatic heterocycles. The first kappa shape index (κ1) is 11.4. The monoisotopic (exact) mass is 230 g/mol. The molecule has 0 bridgehead atoms. The smallest absolute Gasteiger partial charge is 0.239 e. The van der Waals surface area contributed by atoms with Crippen molar-refractivity contribution in [3.63, 3.8) is 0 Å². The van der Waals surface area contributed by atoms with Crippen LogP contribution in [0.4, 0.5) is 5.82 Å². The lowest BCUT2D eigenvalue weighted by molar-refractivity contribution is -0.119. The molecule has 1 aliphatic carbocycles. The number of carbonyl (C=O) groups is 1. The van der Waals surface area contributed by atoms with Crippen LogP contribution in [0.5, 0.6) is 0 Å². The van der Waals surface area contributed by atoms with Crippen LogP contribution in [0.2, 0.25) is 0 Å². The molecule has 1 amide bonds. The van der Waals surface area contributed by atoms with Crippen molar-refractivity contribution >= 4 is 11.7 Å². The number of nitriles is 1. The van der Waals surface area contributed by atoms with E-state index in [1.54, 1.807) is 12.1 Å². The second-order valence-corrected chi connectivity index (χ2v) is 4.19. The van der Waals surface area contributed by atoms with E-state index in [4.69, 9.17) is 5.26 Å². The first-order valence-electron chi connectivity index (χ1n) is 5.59. The Hall–Kier alpha value is -2.09. The van der Waals surface area contributed by atoms with Crippen molar-refractivity contribution in [3.05, 3.63) is 23.4 Å². The molecule has 0 saturated heterocycles. The third-order valence-corrected chi connectivity index (χ3v) is 2.46. The van der Waals surface area contributed by atoms with Gasteiger partial charge in [-0.25, -0.2) is 4.98 Å². The van der Waals surface area contributed by atoms with Gasteiger partial charge in [0.15, 0.2) is 0 Å². The van der Waals surface area contributed by atoms with Crippen molar-refractivity contribution < 1.29 is 4.79 Å². The summed E-state index contributed by atoms with van der Waals surface area (Å²) in [7, 11) is 0. The van der Waals surface area contributed by atoms with Gasteiger partial charge in [-0.1, -0.05) is 0 Å². The quantitative estimate of drug-likeness (QED) is 0.807. The van der Waals surface area contributed by atoms with Crippen molar-refractivity contribution in [2.45, 2.75) is 25.8 Å². The van der Waals surface area contributed by atoms with Crippen LogP contribution in [-0.4, -0.2) is 23.5 Å². The Labute approximate surface area is 99.9 Å². The van der Waals surface area contributed by atoms with E-state index in [1.807, 2.05) is 6.92 Å². The number of carbonyl (C=O) groups excluding carboxylic acids is 1.